The zero-order valence-electron chi connectivity index (χ0n) is 13.2. The fourth-order valence-electron chi connectivity index (χ4n) is 2.42. The number of carbonyl (C=O) groups is 1. The number of hydrogen-bond acceptors (Lipinski definition) is 5. The minimum Gasteiger partial charge on any atom is -0.478 e. The van der Waals surface area contributed by atoms with E-state index in [1.807, 2.05) is 5.48 Å². The van der Waals surface area contributed by atoms with E-state index in [-0.39, 0.29) is 22.1 Å². The van der Waals surface area contributed by atoms with E-state index in [1.165, 1.54) is 30.3 Å². The molecular formula is C17H11ClF3NO5. The maximum atomic E-state index is 13.1. The Morgan fingerprint density at radius 2 is 1.89 bits per heavy atom. The Kier molecular flexibility index (Phi) is 4.90. The van der Waals surface area contributed by atoms with E-state index in [9.17, 15) is 18.0 Å². The van der Waals surface area contributed by atoms with Crippen molar-refractivity contribution in [3.05, 3.63) is 52.6 Å². The molecular weight excluding hydrogens is 391 g/mol. The average molecular weight is 402 g/mol. The minimum absolute atomic E-state index is 0.0215. The van der Waals surface area contributed by atoms with Gasteiger partial charge in [0.15, 0.2) is 0 Å². The number of carboxylic acids is 1. The lowest BCUT2D eigenvalue weighted by atomic mass is 10.0. The number of halogens is 4. The van der Waals surface area contributed by atoms with Crippen molar-refractivity contribution in [2.75, 3.05) is 5.48 Å². The first-order valence-electron chi connectivity index (χ1n) is 7.39. The third-order valence-corrected chi connectivity index (χ3v) is 3.95. The van der Waals surface area contributed by atoms with Gasteiger partial charge in [-0.3, -0.25) is 10.7 Å². The third kappa shape index (κ3) is 3.93. The van der Waals surface area contributed by atoms with Crippen LogP contribution in [0.4, 0.5) is 18.9 Å². The summed E-state index contributed by atoms with van der Waals surface area (Å²) in [4.78, 5) is 11.1. The minimum atomic E-state index is -4.91. The lowest BCUT2D eigenvalue weighted by molar-refractivity contribution is -0.187. The normalized spacial score (nSPS) is 16.0. The predicted molar refractivity (Wildman–Crippen MR) is 89.5 cm³/mol. The van der Waals surface area contributed by atoms with E-state index < -0.39 is 23.8 Å². The monoisotopic (exact) mass is 401 g/mol. The van der Waals surface area contributed by atoms with Crippen molar-refractivity contribution >= 4 is 29.3 Å². The second kappa shape index (κ2) is 7.01. The van der Waals surface area contributed by atoms with Crippen molar-refractivity contribution in [1.82, 2.24) is 0 Å². The fraction of sp³-hybridized carbons (Fsp3) is 0.118. The predicted octanol–water partition coefficient (Wildman–Crippen LogP) is 4.72. The maximum Gasteiger partial charge on any atom is 0.430 e. The number of nitrogens with one attached hydrogen (secondary N) is 1. The second-order valence-electron chi connectivity index (χ2n) is 5.50. The number of anilines is 1. The van der Waals surface area contributed by atoms with Gasteiger partial charge in [0, 0.05) is 11.6 Å². The Balaban J connectivity index is 1.97. The van der Waals surface area contributed by atoms with Gasteiger partial charge in [-0.1, -0.05) is 11.6 Å². The van der Waals surface area contributed by atoms with Crippen molar-refractivity contribution in [3.8, 4) is 17.2 Å². The van der Waals surface area contributed by atoms with E-state index in [4.69, 9.17) is 31.4 Å². The van der Waals surface area contributed by atoms with E-state index in [0.717, 1.165) is 12.1 Å². The van der Waals surface area contributed by atoms with E-state index in [2.05, 4.69) is 0 Å². The fourth-order valence-corrected chi connectivity index (χ4v) is 2.63. The standard InChI is InChI=1S/C17H11ClF3NO5/c18-12-6-8-5-11(16(23)24)15(17(19,20)21)27-13(8)7-14(12)26-10-3-1-9(22-25)2-4-10/h1-7,15,22,25H,(H,23,24). The molecule has 3 rings (SSSR count). The Hall–Kier alpha value is -2.91. The van der Waals surface area contributed by atoms with Crippen molar-refractivity contribution in [2.24, 2.45) is 0 Å². The van der Waals surface area contributed by atoms with Gasteiger partial charge >= 0.3 is 12.1 Å². The van der Waals surface area contributed by atoms with Crippen molar-refractivity contribution in [1.29, 1.82) is 0 Å². The molecule has 0 saturated carbocycles. The topological polar surface area (TPSA) is 88.0 Å². The number of rotatable bonds is 4. The summed E-state index contributed by atoms with van der Waals surface area (Å²) in [5.41, 5.74) is 1.49. The van der Waals surface area contributed by atoms with E-state index >= 15 is 0 Å². The number of aliphatic carboxylic acids is 1. The molecule has 0 saturated heterocycles. The van der Waals surface area contributed by atoms with Crippen LogP contribution in [0.15, 0.2) is 42.0 Å². The molecule has 1 aliphatic heterocycles. The summed E-state index contributed by atoms with van der Waals surface area (Å²) >= 11 is 6.09. The number of carboxylic acid groups (broad SMARTS) is 1. The van der Waals surface area contributed by atoms with Crippen LogP contribution in [-0.4, -0.2) is 28.6 Å². The summed E-state index contributed by atoms with van der Waals surface area (Å²) in [6, 6.07) is 8.40. The van der Waals surface area contributed by atoms with Crippen LogP contribution in [0, 0.1) is 0 Å². The smallest absolute Gasteiger partial charge is 0.430 e. The summed E-state index contributed by atoms with van der Waals surface area (Å²) < 4.78 is 49.8. The van der Waals surface area contributed by atoms with Crippen LogP contribution in [0.3, 0.4) is 0 Å². The van der Waals surface area contributed by atoms with Crippen LogP contribution in [-0.2, 0) is 4.79 Å². The molecule has 27 heavy (non-hydrogen) atoms. The van der Waals surface area contributed by atoms with Gasteiger partial charge in [-0.2, -0.15) is 13.2 Å². The van der Waals surface area contributed by atoms with Crippen LogP contribution in [0.1, 0.15) is 5.56 Å². The summed E-state index contributed by atoms with van der Waals surface area (Å²) in [7, 11) is 0. The van der Waals surface area contributed by atoms with Gasteiger partial charge in [0.05, 0.1) is 16.3 Å². The number of ether oxygens (including phenoxy) is 2. The molecule has 10 heteroatoms. The molecule has 3 N–H and O–H groups in total. The molecule has 0 amide bonds. The second-order valence-corrected chi connectivity index (χ2v) is 5.91. The molecule has 0 bridgehead atoms. The summed E-state index contributed by atoms with van der Waals surface area (Å²) in [5.74, 6) is -1.62. The summed E-state index contributed by atoms with van der Waals surface area (Å²) in [6.45, 7) is 0. The van der Waals surface area contributed by atoms with Crippen molar-refractivity contribution in [2.45, 2.75) is 12.3 Å². The Morgan fingerprint density at radius 1 is 1.22 bits per heavy atom. The first-order chi connectivity index (χ1) is 12.7. The zero-order chi connectivity index (χ0) is 19.8. The lowest BCUT2D eigenvalue weighted by Crippen LogP contribution is -2.40. The first-order valence-corrected chi connectivity index (χ1v) is 7.76. The van der Waals surface area contributed by atoms with Gasteiger partial charge in [-0.25, -0.2) is 4.79 Å². The molecule has 6 nitrogen and oxygen atoms in total. The highest BCUT2D eigenvalue weighted by Gasteiger charge is 2.48. The Labute approximate surface area is 155 Å². The Bertz CT molecular complexity index is 912. The van der Waals surface area contributed by atoms with Crippen LogP contribution in [0.2, 0.25) is 5.02 Å². The molecule has 1 heterocycles. The van der Waals surface area contributed by atoms with E-state index in [1.54, 1.807) is 0 Å². The first kappa shape index (κ1) is 18.9. The molecule has 0 spiro atoms. The van der Waals surface area contributed by atoms with Crippen LogP contribution < -0.4 is 15.0 Å². The van der Waals surface area contributed by atoms with Gasteiger partial charge in [-0.05, 0) is 36.4 Å². The molecule has 0 radical (unpaired) electrons. The molecule has 2 aromatic carbocycles. The van der Waals surface area contributed by atoms with Crippen molar-refractivity contribution < 1.29 is 37.8 Å². The molecule has 1 aliphatic rings. The highest BCUT2D eigenvalue weighted by Crippen LogP contribution is 2.42. The van der Waals surface area contributed by atoms with Crippen LogP contribution in [0.25, 0.3) is 6.08 Å². The van der Waals surface area contributed by atoms with Crippen LogP contribution in [0.5, 0.6) is 17.2 Å². The van der Waals surface area contributed by atoms with Crippen molar-refractivity contribution in [3.63, 3.8) is 0 Å². The summed E-state index contributed by atoms with van der Waals surface area (Å²) in [6.07, 6.45) is -6.64. The highest BCUT2D eigenvalue weighted by atomic mass is 35.5. The van der Waals surface area contributed by atoms with Gasteiger partial charge in [0.2, 0.25) is 6.10 Å². The molecule has 1 atom stereocenters. The quantitative estimate of drug-likeness (QED) is 0.642. The van der Waals surface area contributed by atoms with Gasteiger partial charge in [-0.15, -0.1) is 0 Å². The third-order valence-electron chi connectivity index (χ3n) is 3.66. The molecule has 0 aromatic heterocycles. The SMILES string of the molecule is O=C(O)C1=Cc2cc(Cl)c(Oc3ccc(NO)cc3)cc2OC1C(F)(F)F. The lowest BCUT2D eigenvalue weighted by Gasteiger charge is -2.27. The molecule has 1 unspecified atom stereocenters. The average Bonchev–Trinajstić information content (AvgIpc) is 2.61. The summed E-state index contributed by atoms with van der Waals surface area (Å²) in [5, 5.41) is 17.9. The van der Waals surface area contributed by atoms with Gasteiger partial charge in [0.1, 0.15) is 17.2 Å². The molecule has 2 aromatic rings. The largest absolute Gasteiger partial charge is 0.478 e. The number of benzene rings is 2. The number of hydrogen-bond donors (Lipinski definition) is 3. The molecule has 0 fully saturated rings. The Morgan fingerprint density at radius 3 is 2.44 bits per heavy atom. The number of alkyl halides is 3. The highest BCUT2D eigenvalue weighted by molar-refractivity contribution is 6.32. The van der Waals surface area contributed by atoms with Crippen LogP contribution >= 0.6 is 11.6 Å². The molecule has 142 valence electrons. The zero-order valence-corrected chi connectivity index (χ0v) is 14.0. The van der Waals surface area contributed by atoms with Gasteiger partial charge in [0.25, 0.3) is 0 Å². The van der Waals surface area contributed by atoms with Gasteiger partial charge < -0.3 is 14.6 Å². The maximum absolute atomic E-state index is 13.1. The molecule has 0 aliphatic carbocycles. The van der Waals surface area contributed by atoms with E-state index in [0.29, 0.717) is 11.4 Å². The number of fused-ring (bicyclic) bond motifs is 1.